The van der Waals surface area contributed by atoms with E-state index < -0.39 is 0 Å². The molecule has 0 amide bonds. The summed E-state index contributed by atoms with van der Waals surface area (Å²) in [5.41, 5.74) is 0. The van der Waals surface area contributed by atoms with E-state index in [1.54, 1.807) is 7.11 Å². The second-order valence-corrected chi connectivity index (χ2v) is 3.58. The smallest absolute Gasteiger partial charge is 0.102 e. The molecule has 0 heterocycles. The molecular weight excluding hydrogens is 178 g/mol. The Morgan fingerprint density at radius 3 is 2.00 bits per heavy atom. The van der Waals surface area contributed by atoms with Gasteiger partial charge in [0.15, 0.2) is 0 Å². The first-order chi connectivity index (χ1) is 6.18. The van der Waals surface area contributed by atoms with E-state index in [1.807, 2.05) is 0 Å². The molecule has 0 aliphatic carbocycles. The molecule has 0 aliphatic heterocycles. The van der Waals surface area contributed by atoms with E-state index in [9.17, 15) is 0 Å². The van der Waals surface area contributed by atoms with Gasteiger partial charge in [0.05, 0.1) is 40.0 Å². The normalized spacial score (nSPS) is 11.1. The quantitative estimate of drug-likeness (QED) is 0.445. The van der Waals surface area contributed by atoms with Crippen molar-refractivity contribution in [2.75, 3.05) is 53.6 Å². The lowest BCUT2D eigenvalue weighted by Gasteiger charge is -2.31. The molecule has 14 heavy (non-hydrogen) atoms. The minimum absolute atomic E-state index is 0. The van der Waals surface area contributed by atoms with Crippen molar-refractivity contribution in [1.82, 2.24) is 0 Å². The van der Waals surface area contributed by atoms with E-state index in [0.29, 0.717) is 13.2 Å². The van der Waals surface area contributed by atoms with Crippen LogP contribution in [0.15, 0.2) is 0 Å². The minimum atomic E-state index is 0. The van der Waals surface area contributed by atoms with Gasteiger partial charge in [0, 0.05) is 7.11 Å². The second kappa shape index (κ2) is 9.44. The fourth-order valence-electron chi connectivity index (χ4n) is 1.07. The first kappa shape index (κ1) is 16.3. The van der Waals surface area contributed by atoms with E-state index in [0.717, 1.165) is 17.6 Å². The second-order valence-electron chi connectivity index (χ2n) is 3.58. The minimum Gasteiger partial charge on any atom is -0.382 e. The first-order valence-corrected chi connectivity index (χ1v) is 5.08. The molecule has 3 nitrogen and oxygen atoms in total. The summed E-state index contributed by atoms with van der Waals surface area (Å²) < 4.78 is 11.4. The summed E-state index contributed by atoms with van der Waals surface area (Å²) in [6.45, 7) is 10.1. The van der Waals surface area contributed by atoms with E-state index in [1.165, 1.54) is 13.1 Å². The number of rotatable bonds is 8. The van der Waals surface area contributed by atoms with E-state index in [2.05, 4.69) is 20.9 Å². The number of ether oxygens (including phenoxy) is 2. The van der Waals surface area contributed by atoms with Crippen LogP contribution >= 0.6 is 0 Å². The zero-order valence-electron chi connectivity index (χ0n) is 9.51. The number of methoxy groups -OCH3 is 1. The molecule has 0 N–H and O–H groups in total. The molecule has 0 aliphatic rings. The van der Waals surface area contributed by atoms with Crippen molar-refractivity contribution in [3.8, 4) is 0 Å². The first-order valence-electron chi connectivity index (χ1n) is 5.08. The molecule has 0 spiro atoms. The highest BCUT2D eigenvalue weighted by molar-refractivity contribution is 4.35. The monoisotopic (exact) mass is 206 g/mol. The zero-order valence-corrected chi connectivity index (χ0v) is 9.51. The van der Waals surface area contributed by atoms with Gasteiger partial charge in [-0.15, -0.1) is 0 Å². The van der Waals surface area contributed by atoms with Crippen LogP contribution in [0.4, 0.5) is 0 Å². The highest BCUT2D eigenvalue weighted by Crippen LogP contribution is 1.99. The van der Waals surface area contributed by atoms with E-state index >= 15 is 0 Å². The molecule has 0 radical (unpaired) electrons. The summed E-state index contributed by atoms with van der Waals surface area (Å²) in [5, 5.41) is 0. The van der Waals surface area contributed by atoms with Crippen LogP contribution in [0.1, 0.15) is 21.3 Å². The van der Waals surface area contributed by atoms with Crippen molar-refractivity contribution in [2.24, 2.45) is 0 Å². The van der Waals surface area contributed by atoms with Gasteiger partial charge in [0.1, 0.15) is 6.54 Å². The Hall–Kier alpha value is -0.120. The van der Waals surface area contributed by atoms with Gasteiger partial charge in [-0.1, -0.05) is 7.43 Å². The van der Waals surface area contributed by atoms with Crippen molar-refractivity contribution in [2.45, 2.75) is 21.3 Å². The van der Waals surface area contributed by atoms with Crippen LogP contribution in [-0.2, 0) is 9.47 Å². The van der Waals surface area contributed by atoms with Crippen LogP contribution < -0.4 is 0 Å². The van der Waals surface area contributed by atoms with Crippen LogP contribution in [0.3, 0.4) is 0 Å². The molecule has 0 rings (SSSR count). The summed E-state index contributed by atoms with van der Waals surface area (Å²) in [4.78, 5) is 0. The molecule has 0 atom stereocenters. The molecule has 0 saturated heterocycles. The van der Waals surface area contributed by atoms with Crippen molar-refractivity contribution >= 4 is 0 Å². The lowest BCUT2D eigenvalue weighted by atomic mass is 10.4. The Morgan fingerprint density at radius 2 is 1.57 bits per heavy atom. The molecule has 0 aromatic carbocycles. The van der Waals surface area contributed by atoms with Gasteiger partial charge < -0.3 is 14.0 Å². The van der Waals surface area contributed by atoms with E-state index in [-0.39, 0.29) is 7.43 Å². The van der Waals surface area contributed by atoms with Crippen molar-refractivity contribution in [1.29, 1.82) is 0 Å². The van der Waals surface area contributed by atoms with Gasteiger partial charge in [-0.3, -0.25) is 0 Å². The van der Waals surface area contributed by atoms with Gasteiger partial charge in [-0.2, -0.15) is 0 Å². The molecule has 0 unspecified atom stereocenters. The highest BCUT2D eigenvalue weighted by atomic mass is 16.5. The molecule has 0 bridgehead atoms. The van der Waals surface area contributed by atoms with Crippen molar-refractivity contribution in [3.05, 3.63) is 0 Å². The molecule has 0 fully saturated rings. The highest BCUT2D eigenvalue weighted by Gasteiger charge is 2.15. The predicted molar refractivity (Wildman–Crippen MR) is 61.6 cm³/mol. The van der Waals surface area contributed by atoms with Crippen molar-refractivity contribution in [3.63, 3.8) is 0 Å². The van der Waals surface area contributed by atoms with Gasteiger partial charge in [0.25, 0.3) is 0 Å². The van der Waals surface area contributed by atoms with Gasteiger partial charge >= 0.3 is 0 Å². The lowest BCUT2D eigenvalue weighted by Crippen LogP contribution is -2.45. The van der Waals surface area contributed by atoms with Gasteiger partial charge in [-0.25, -0.2) is 0 Å². The Balaban J connectivity index is 0. The molecular formula is C11H28NO2+. The number of quaternary nitrogens is 1. The van der Waals surface area contributed by atoms with Gasteiger partial charge in [-0.05, 0) is 13.8 Å². The molecule has 3 heteroatoms. The topological polar surface area (TPSA) is 18.5 Å². The van der Waals surface area contributed by atoms with Crippen molar-refractivity contribution < 1.29 is 14.0 Å². The zero-order chi connectivity index (χ0) is 10.2. The molecule has 0 aromatic heterocycles. The number of hydrogen-bond acceptors (Lipinski definition) is 2. The Labute approximate surface area is 89.6 Å². The largest absolute Gasteiger partial charge is 0.382 e. The van der Waals surface area contributed by atoms with Crippen LogP contribution in [0, 0.1) is 0 Å². The average Bonchev–Trinajstić information content (AvgIpc) is 2.17. The SMILES string of the molecule is C.CC[N+](C)(CC)CCOCCOC. The average molecular weight is 206 g/mol. The molecule has 88 valence electrons. The fourth-order valence-corrected chi connectivity index (χ4v) is 1.07. The number of nitrogens with zero attached hydrogens (tertiary/aromatic N) is 1. The Bertz CT molecular complexity index is 114. The number of hydrogen-bond donors (Lipinski definition) is 0. The third-order valence-corrected chi connectivity index (χ3v) is 2.73. The van der Waals surface area contributed by atoms with Gasteiger partial charge in [0.2, 0.25) is 0 Å². The van der Waals surface area contributed by atoms with Crippen LogP contribution in [-0.4, -0.2) is 58.1 Å². The predicted octanol–water partition coefficient (Wildman–Crippen LogP) is 1.77. The number of likely N-dealkylation sites (N-methyl/N-ethyl adjacent to an activating group) is 1. The summed E-state index contributed by atoms with van der Waals surface area (Å²) >= 11 is 0. The summed E-state index contributed by atoms with van der Waals surface area (Å²) in [7, 11) is 3.96. The van der Waals surface area contributed by atoms with Crippen LogP contribution in [0.25, 0.3) is 0 Å². The fraction of sp³-hybridized carbons (Fsp3) is 1.00. The van der Waals surface area contributed by atoms with Crippen LogP contribution in [0.2, 0.25) is 0 Å². The maximum atomic E-state index is 5.43. The molecule has 0 saturated carbocycles. The maximum Gasteiger partial charge on any atom is 0.102 e. The third-order valence-electron chi connectivity index (χ3n) is 2.73. The Morgan fingerprint density at radius 1 is 1.00 bits per heavy atom. The third kappa shape index (κ3) is 7.30. The van der Waals surface area contributed by atoms with Crippen LogP contribution in [0.5, 0.6) is 0 Å². The maximum absolute atomic E-state index is 5.43. The lowest BCUT2D eigenvalue weighted by molar-refractivity contribution is -0.906. The summed E-state index contributed by atoms with van der Waals surface area (Å²) in [6, 6.07) is 0. The standard InChI is InChI=1S/C10H24NO2.CH4/c1-5-11(3,6-2)7-8-13-10-9-12-4;/h5-10H2,1-4H3;1H4/q+1;. The summed E-state index contributed by atoms with van der Waals surface area (Å²) in [6.07, 6.45) is 0. The van der Waals surface area contributed by atoms with E-state index in [4.69, 9.17) is 9.47 Å². The molecule has 0 aromatic rings. The Kier molecular flexibility index (Phi) is 11.0. The summed E-state index contributed by atoms with van der Waals surface area (Å²) in [5.74, 6) is 0.